The highest BCUT2D eigenvalue weighted by Crippen LogP contribution is 2.34. The number of fused-ring (bicyclic) bond motifs is 3. The summed E-state index contributed by atoms with van der Waals surface area (Å²) in [7, 11) is 2.19. The van der Waals surface area contributed by atoms with Crippen LogP contribution in [-0.4, -0.2) is 48.3 Å². The summed E-state index contributed by atoms with van der Waals surface area (Å²) in [6.45, 7) is 2.79. The van der Waals surface area contributed by atoms with Crippen molar-refractivity contribution >= 4 is 43.9 Å². The maximum absolute atomic E-state index is 4.99. The van der Waals surface area contributed by atoms with E-state index in [1.54, 1.807) is 11.3 Å². The molecule has 2 aliphatic heterocycles. The van der Waals surface area contributed by atoms with Gasteiger partial charge in [0.05, 0.1) is 11.2 Å². The molecule has 4 heterocycles. The van der Waals surface area contributed by atoms with Gasteiger partial charge in [-0.15, -0.1) is 16.4 Å². The highest BCUT2D eigenvalue weighted by atomic mass is 32.1. The number of thiophene rings is 1. The van der Waals surface area contributed by atoms with Gasteiger partial charge in [0.15, 0.2) is 0 Å². The number of rotatable bonds is 3. The second-order valence-corrected chi connectivity index (χ2v) is 7.95. The van der Waals surface area contributed by atoms with E-state index in [2.05, 4.69) is 62.3 Å². The maximum atomic E-state index is 4.99. The summed E-state index contributed by atoms with van der Waals surface area (Å²) in [6.07, 6.45) is 2.42. The normalized spacial score (nSPS) is 20.8. The molecule has 1 fully saturated rings. The Bertz CT molecular complexity index is 1040. The first kappa shape index (κ1) is 15.8. The molecular weight excluding hydrogens is 344 g/mol. The number of nitrogens with one attached hydrogen (secondary N) is 1. The topological polar surface area (TPSA) is 65.2 Å². The van der Waals surface area contributed by atoms with Gasteiger partial charge in [-0.25, -0.2) is 4.98 Å². The lowest BCUT2D eigenvalue weighted by Crippen LogP contribution is -2.39. The number of anilines is 1. The van der Waals surface area contributed by atoms with Gasteiger partial charge >= 0.3 is 0 Å². The van der Waals surface area contributed by atoms with Crippen LogP contribution in [-0.2, 0) is 0 Å². The standard InChI is InChI=1S/C19H20N6S/c1-25-7-2-3-13(11-25)21-19-15-6-8-26-18(15)14-5-4-12(9-16(14)22-19)17-10-20-24-23-17/h4-6,8-9,13H,2-3,7,10-11H2,1H3,(H,21,22). The van der Waals surface area contributed by atoms with E-state index in [0.717, 1.165) is 29.2 Å². The molecular formula is C19H20N6S. The van der Waals surface area contributed by atoms with Crippen LogP contribution in [0.1, 0.15) is 18.4 Å². The summed E-state index contributed by atoms with van der Waals surface area (Å²) in [5.74, 6) is 0.994. The lowest BCUT2D eigenvalue weighted by atomic mass is 10.0. The largest absolute Gasteiger partial charge is 0.365 e. The Kier molecular flexibility index (Phi) is 3.90. The Morgan fingerprint density at radius 1 is 1.23 bits per heavy atom. The van der Waals surface area contributed by atoms with Crippen LogP contribution < -0.4 is 5.32 Å². The fourth-order valence-electron chi connectivity index (χ4n) is 3.83. The minimum absolute atomic E-state index is 0.446. The molecule has 1 aromatic carbocycles. The summed E-state index contributed by atoms with van der Waals surface area (Å²) >= 11 is 1.77. The number of hydrogen-bond acceptors (Lipinski definition) is 7. The first-order valence-electron chi connectivity index (χ1n) is 8.98. The predicted octanol–water partition coefficient (Wildman–Crippen LogP) is 4.13. The van der Waals surface area contributed by atoms with Crippen molar-refractivity contribution in [2.24, 2.45) is 15.4 Å². The van der Waals surface area contributed by atoms with Gasteiger partial charge in [0.25, 0.3) is 0 Å². The zero-order valence-corrected chi connectivity index (χ0v) is 15.5. The van der Waals surface area contributed by atoms with Gasteiger partial charge in [-0.1, -0.05) is 12.1 Å². The number of benzene rings is 1. The third kappa shape index (κ3) is 2.77. The van der Waals surface area contributed by atoms with Crippen molar-refractivity contribution in [2.45, 2.75) is 18.9 Å². The van der Waals surface area contributed by atoms with Crippen molar-refractivity contribution < 1.29 is 0 Å². The third-order valence-corrected chi connectivity index (χ3v) is 6.09. The van der Waals surface area contributed by atoms with E-state index in [1.165, 1.54) is 34.9 Å². The number of likely N-dealkylation sites (N-methyl/N-ethyl adjacent to an activating group) is 1. The highest BCUT2D eigenvalue weighted by Gasteiger charge is 2.19. The van der Waals surface area contributed by atoms with Crippen LogP contribution in [0, 0.1) is 0 Å². The van der Waals surface area contributed by atoms with Crippen molar-refractivity contribution in [2.75, 3.05) is 32.0 Å². The lowest BCUT2D eigenvalue weighted by Gasteiger charge is -2.30. The molecule has 7 heteroatoms. The van der Waals surface area contributed by atoms with E-state index in [4.69, 9.17) is 4.98 Å². The molecule has 0 aliphatic carbocycles. The molecule has 1 saturated heterocycles. The Morgan fingerprint density at radius 2 is 2.19 bits per heavy atom. The monoisotopic (exact) mass is 364 g/mol. The van der Waals surface area contributed by atoms with Gasteiger partial charge in [0, 0.05) is 33.6 Å². The van der Waals surface area contributed by atoms with E-state index in [1.807, 2.05) is 0 Å². The second kappa shape index (κ2) is 6.41. The van der Waals surface area contributed by atoms with Crippen LogP contribution in [0.3, 0.4) is 0 Å². The molecule has 6 nitrogen and oxygen atoms in total. The van der Waals surface area contributed by atoms with E-state index in [9.17, 15) is 0 Å². The van der Waals surface area contributed by atoms with Crippen molar-refractivity contribution in [3.05, 3.63) is 35.2 Å². The van der Waals surface area contributed by atoms with Crippen molar-refractivity contribution in [1.82, 2.24) is 9.88 Å². The zero-order valence-electron chi connectivity index (χ0n) is 14.6. The van der Waals surface area contributed by atoms with Gasteiger partial charge in [-0.3, -0.25) is 0 Å². The molecule has 0 spiro atoms. The van der Waals surface area contributed by atoms with Gasteiger partial charge in [-0.2, -0.15) is 5.11 Å². The summed E-state index contributed by atoms with van der Waals surface area (Å²) in [4.78, 5) is 7.37. The highest BCUT2D eigenvalue weighted by molar-refractivity contribution is 7.18. The fraction of sp³-hybridized carbons (Fsp3) is 0.368. The van der Waals surface area contributed by atoms with E-state index < -0.39 is 0 Å². The molecule has 3 aromatic rings. The zero-order chi connectivity index (χ0) is 17.5. The summed E-state index contributed by atoms with van der Waals surface area (Å²) in [5, 5.41) is 20.1. The van der Waals surface area contributed by atoms with Crippen molar-refractivity contribution in [1.29, 1.82) is 0 Å². The number of pyridine rings is 1. The summed E-state index contributed by atoms with van der Waals surface area (Å²) in [5.41, 5.74) is 2.95. The molecule has 0 saturated carbocycles. The first-order valence-corrected chi connectivity index (χ1v) is 9.85. The van der Waals surface area contributed by atoms with Crippen LogP contribution in [0.15, 0.2) is 45.1 Å². The number of nitrogens with zero attached hydrogens (tertiary/aromatic N) is 5. The van der Waals surface area contributed by atoms with E-state index in [0.29, 0.717) is 12.6 Å². The van der Waals surface area contributed by atoms with Gasteiger partial charge < -0.3 is 10.2 Å². The van der Waals surface area contributed by atoms with Crippen molar-refractivity contribution in [3.8, 4) is 0 Å². The molecule has 0 radical (unpaired) electrons. The Balaban J connectivity index is 1.58. The molecule has 26 heavy (non-hydrogen) atoms. The predicted molar refractivity (Wildman–Crippen MR) is 108 cm³/mol. The van der Waals surface area contributed by atoms with E-state index in [-0.39, 0.29) is 0 Å². The third-order valence-electron chi connectivity index (χ3n) is 5.14. The average Bonchev–Trinajstić information content (AvgIpc) is 3.33. The average molecular weight is 364 g/mol. The molecule has 1 N–H and O–H groups in total. The number of hydrogen-bond donors (Lipinski definition) is 1. The van der Waals surface area contributed by atoms with Crippen LogP contribution >= 0.6 is 11.3 Å². The Hall–Kier alpha value is -2.38. The van der Waals surface area contributed by atoms with Gasteiger partial charge in [-0.05, 0) is 49.2 Å². The van der Waals surface area contributed by atoms with Crippen LogP contribution in [0.25, 0.3) is 21.0 Å². The molecule has 0 amide bonds. The Morgan fingerprint density at radius 3 is 3.04 bits per heavy atom. The molecule has 2 aliphatic rings. The quantitative estimate of drug-likeness (QED) is 0.760. The Labute approximate surface area is 155 Å². The summed E-state index contributed by atoms with van der Waals surface area (Å²) < 4.78 is 1.29. The fourth-order valence-corrected chi connectivity index (χ4v) is 4.76. The van der Waals surface area contributed by atoms with Gasteiger partial charge in [0.1, 0.15) is 12.4 Å². The molecule has 1 atom stereocenters. The first-order chi connectivity index (χ1) is 12.8. The lowest BCUT2D eigenvalue weighted by molar-refractivity contribution is 0.261. The number of aromatic nitrogens is 1. The molecule has 1 unspecified atom stereocenters. The van der Waals surface area contributed by atoms with Crippen molar-refractivity contribution in [3.63, 3.8) is 0 Å². The smallest absolute Gasteiger partial charge is 0.135 e. The molecule has 132 valence electrons. The number of piperidine rings is 1. The van der Waals surface area contributed by atoms with E-state index >= 15 is 0 Å². The van der Waals surface area contributed by atoms with Crippen LogP contribution in [0.2, 0.25) is 0 Å². The van der Waals surface area contributed by atoms with Gasteiger partial charge in [0.2, 0.25) is 0 Å². The maximum Gasteiger partial charge on any atom is 0.135 e. The molecule has 5 rings (SSSR count). The minimum Gasteiger partial charge on any atom is -0.365 e. The van der Waals surface area contributed by atoms with Crippen LogP contribution in [0.5, 0.6) is 0 Å². The molecule has 2 aromatic heterocycles. The SMILES string of the molecule is CN1CCCC(Nc2nc3cc(C4=NN=NC4)ccc3c3sccc23)C1. The molecule has 0 bridgehead atoms. The minimum atomic E-state index is 0.446. The second-order valence-electron chi connectivity index (χ2n) is 7.04. The summed E-state index contributed by atoms with van der Waals surface area (Å²) in [6, 6.07) is 8.98. The number of likely N-dealkylation sites (tertiary alicyclic amines) is 1. The van der Waals surface area contributed by atoms with Crippen LogP contribution in [0.4, 0.5) is 5.82 Å².